The predicted octanol–water partition coefficient (Wildman–Crippen LogP) is 3.04. The Morgan fingerprint density at radius 1 is 1.17 bits per heavy atom. The van der Waals surface area contributed by atoms with Gasteiger partial charge in [-0.2, -0.15) is 0 Å². The first kappa shape index (κ1) is 15.4. The lowest BCUT2D eigenvalue weighted by Gasteiger charge is -2.09. The number of phenolic OH excluding ortho intramolecular Hbond substituents is 2. The van der Waals surface area contributed by atoms with Gasteiger partial charge in [-0.1, -0.05) is 30.0 Å². The second kappa shape index (κ2) is 6.75. The normalized spacial score (nSPS) is 13.5. The van der Waals surface area contributed by atoms with E-state index in [9.17, 15) is 15.0 Å². The number of anilines is 1. The second-order valence-electron chi connectivity index (χ2n) is 5.13. The number of aromatic hydroxyl groups is 2. The van der Waals surface area contributed by atoms with Crippen molar-refractivity contribution in [1.29, 1.82) is 0 Å². The zero-order chi connectivity index (χ0) is 16.2. The molecule has 2 aromatic rings. The molecule has 0 saturated carbocycles. The molecule has 0 aromatic heterocycles. The molecule has 1 heterocycles. The molecule has 0 unspecified atom stereocenters. The molecular weight excluding hydrogens is 312 g/mol. The summed E-state index contributed by atoms with van der Waals surface area (Å²) in [7, 11) is 0. The average Bonchev–Trinajstić information content (AvgIpc) is 2.77. The number of carbonyl (C=O) groups excluding carboxylic acids is 1. The van der Waals surface area contributed by atoms with E-state index < -0.39 is 0 Å². The molecule has 0 amide bonds. The summed E-state index contributed by atoms with van der Waals surface area (Å²) in [6.45, 7) is 0.681. The zero-order valence-electron chi connectivity index (χ0n) is 12.3. The minimum absolute atomic E-state index is 0.132. The number of phenols is 2. The van der Waals surface area contributed by atoms with Crippen LogP contribution in [0.3, 0.4) is 0 Å². The number of nitrogens with zero attached hydrogens (tertiary/aromatic N) is 1. The van der Waals surface area contributed by atoms with Crippen LogP contribution in [0.15, 0.2) is 47.5 Å². The largest absolute Gasteiger partial charge is 0.504 e. The molecule has 118 valence electrons. The Hall–Kier alpha value is -2.47. The summed E-state index contributed by atoms with van der Waals surface area (Å²) in [4.78, 5) is 16.6. The molecule has 0 radical (unpaired) electrons. The molecule has 3 rings (SSSR count). The SMILES string of the molecule is O=C(CSC1=NCCc2ccccc2N1)c1ccc(O)c(O)c1. The van der Waals surface area contributed by atoms with Gasteiger partial charge in [0.25, 0.3) is 0 Å². The van der Waals surface area contributed by atoms with Gasteiger partial charge in [0.15, 0.2) is 22.4 Å². The van der Waals surface area contributed by atoms with Crippen molar-refractivity contribution in [3.05, 3.63) is 53.6 Å². The summed E-state index contributed by atoms with van der Waals surface area (Å²) in [5.41, 5.74) is 2.59. The number of amidine groups is 1. The van der Waals surface area contributed by atoms with E-state index in [4.69, 9.17) is 0 Å². The van der Waals surface area contributed by atoms with E-state index in [0.717, 1.165) is 12.1 Å². The maximum absolute atomic E-state index is 12.2. The van der Waals surface area contributed by atoms with Crippen molar-refractivity contribution in [1.82, 2.24) is 0 Å². The lowest BCUT2D eigenvalue weighted by atomic mass is 10.1. The van der Waals surface area contributed by atoms with Crippen LogP contribution >= 0.6 is 11.8 Å². The fraction of sp³-hybridized carbons (Fsp3) is 0.176. The molecule has 0 atom stereocenters. The molecule has 0 bridgehead atoms. The summed E-state index contributed by atoms with van der Waals surface area (Å²) in [5, 5.41) is 22.7. The molecular formula is C17H16N2O3S. The van der Waals surface area contributed by atoms with Crippen molar-refractivity contribution in [2.24, 2.45) is 4.99 Å². The molecule has 0 aliphatic carbocycles. The van der Waals surface area contributed by atoms with Gasteiger partial charge >= 0.3 is 0 Å². The Labute approximate surface area is 138 Å². The van der Waals surface area contributed by atoms with Crippen LogP contribution < -0.4 is 5.32 Å². The molecule has 1 aliphatic heterocycles. The minimum Gasteiger partial charge on any atom is -0.504 e. The number of fused-ring (bicyclic) bond motifs is 1. The number of carbonyl (C=O) groups is 1. The van der Waals surface area contributed by atoms with Crippen molar-refractivity contribution in [2.75, 3.05) is 17.6 Å². The Balaban J connectivity index is 1.65. The van der Waals surface area contributed by atoms with Crippen LogP contribution in [0.5, 0.6) is 11.5 Å². The van der Waals surface area contributed by atoms with Gasteiger partial charge in [-0.05, 0) is 36.2 Å². The number of benzene rings is 2. The Kier molecular flexibility index (Phi) is 4.52. The molecule has 0 saturated heterocycles. The third kappa shape index (κ3) is 3.65. The molecule has 3 N–H and O–H groups in total. The zero-order valence-corrected chi connectivity index (χ0v) is 13.1. The molecule has 5 nitrogen and oxygen atoms in total. The number of hydrogen-bond donors (Lipinski definition) is 3. The molecule has 6 heteroatoms. The predicted molar refractivity (Wildman–Crippen MR) is 92.6 cm³/mol. The molecule has 23 heavy (non-hydrogen) atoms. The average molecular weight is 328 g/mol. The summed E-state index contributed by atoms with van der Waals surface area (Å²) < 4.78 is 0. The van der Waals surface area contributed by atoms with Gasteiger partial charge in [0.1, 0.15) is 0 Å². The lowest BCUT2D eigenvalue weighted by Crippen LogP contribution is -2.12. The first-order chi connectivity index (χ1) is 11.1. The molecule has 0 fully saturated rings. The van der Waals surface area contributed by atoms with E-state index in [0.29, 0.717) is 17.3 Å². The number of ketones is 1. The molecule has 2 aromatic carbocycles. The standard InChI is InChI=1S/C17H16N2O3S/c20-14-6-5-12(9-15(14)21)16(22)10-23-17-18-8-7-11-3-1-2-4-13(11)19-17/h1-6,9,20-21H,7-8,10H2,(H,18,19). The minimum atomic E-state index is -0.292. The van der Waals surface area contributed by atoms with Gasteiger partial charge in [-0.15, -0.1) is 0 Å². The third-order valence-electron chi connectivity index (χ3n) is 3.53. The van der Waals surface area contributed by atoms with E-state index in [1.807, 2.05) is 18.2 Å². The van der Waals surface area contributed by atoms with Gasteiger partial charge in [-0.3, -0.25) is 9.79 Å². The first-order valence-corrected chi connectivity index (χ1v) is 8.19. The highest BCUT2D eigenvalue weighted by Gasteiger charge is 2.14. The van der Waals surface area contributed by atoms with Crippen molar-refractivity contribution < 1.29 is 15.0 Å². The maximum Gasteiger partial charge on any atom is 0.173 e. The molecule has 1 aliphatic rings. The number of Topliss-reactive ketones (excluding diaryl/α,β-unsaturated/α-hetero) is 1. The van der Waals surface area contributed by atoms with Crippen LogP contribution in [0.4, 0.5) is 5.69 Å². The Morgan fingerprint density at radius 3 is 2.83 bits per heavy atom. The van der Waals surface area contributed by atoms with Crippen molar-refractivity contribution in [3.8, 4) is 11.5 Å². The van der Waals surface area contributed by atoms with Crippen LogP contribution in [-0.2, 0) is 6.42 Å². The topological polar surface area (TPSA) is 81.9 Å². The Bertz CT molecular complexity index is 774. The lowest BCUT2D eigenvalue weighted by molar-refractivity contribution is 0.102. The van der Waals surface area contributed by atoms with Gasteiger partial charge in [0.2, 0.25) is 0 Å². The number of hydrogen-bond acceptors (Lipinski definition) is 6. The summed E-state index contributed by atoms with van der Waals surface area (Å²) >= 11 is 1.33. The highest BCUT2D eigenvalue weighted by atomic mass is 32.2. The van der Waals surface area contributed by atoms with Crippen LogP contribution in [-0.4, -0.2) is 33.5 Å². The smallest absolute Gasteiger partial charge is 0.173 e. The number of thioether (sulfide) groups is 1. The number of nitrogens with one attached hydrogen (secondary N) is 1. The third-order valence-corrected chi connectivity index (χ3v) is 4.44. The van der Waals surface area contributed by atoms with E-state index >= 15 is 0 Å². The summed E-state index contributed by atoms with van der Waals surface area (Å²) in [5.74, 6) is -0.453. The van der Waals surface area contributed by atoms with Gasteiger partial charge in [0, 0.05) is 17.8 Å². The molecule has 0 spiro atoms. The van der Waals surface area contributed by atoms with Gasteiger partial charge in [0.05, 0.1) is 5.75 Å². The van der Waals surface area contributed by atoms with Crippen molar-refractivity contribution >= 4 is 28.4 Å². The van der Waals surface area contributed by atoms with Crippen LogP contribution in [0.25, 0.3) is 0 Å². The van der Waals surface area contributed by atoms with E-state index in [2.05, 4.69) is 16.4 Å². The summed E-state index contributed by atoms with van der Waals surface area (Å²) in [6.07, 6.45) is 0.868. The fourth-order valence-corrected chi connectivity index (χ4v) is 3.09. The van der Waals surface area contributed by atoms with Crippen molar-refractivity contribution in [3.63, 3.8) is 0 Å². The van der Waals surface area contributed by atoms with E-state index in [-0.39, 0.29) is 23.0 Å². The van der Waals surface area contributed by atoms with Crippen molar-refractivity contribution in [2.45, 2.75) is 6.42 Å². The van der Waals surface area contributed by atoms with Crippen LogP contribution in [0.1, 0.15) is 15.9 Å². The van der Waals surface area contributed by atoms with Gasteiger partial charge < -0.3 is 15.5 Å². The number of rotatable bonds is 3. The van der Waals surface area contributed by atoms with E-state index in [1.165, 1.54) is 35.5 Å². The number of para-hydroxylation sites is 1. The van der Waals surface area contributed by atoms with Crippen LogP contribution in [0, 0.1) is 0 Å². The second-order valence-corrected chi connectivity index (χ2v) is 6.10. The fourth-order valence-electron chi connectivity index (χ4n) is 2.29. The monoisotopic (exact) mass is 328 g/mol. The summed E-state index contributed by atoms with van der Waals surface area (Å²) in [6, 6.07) is 12.1. The quantitative estimate of drug-likeness (QED) is 0.596. The maximum atomic E-state index is 12.2. The Morgan fingerprint density at radius 2 is 2.00 bits per heavy atom. The first-order valence-electron chi connectivity index (χ1n) is 7.21. The van der Waals surface area contributed by atoms with Crippen LogP contribution in [0.2, 0.25) is 0 Å². The highest BCUT2D eigenvalue weighted by molar-refractivity contribution is 8.14. The van der Waals surface area contributed by atoms with E-state index in [1.54, 1.807) is 0 Å². The number of aliphatic imine (C=N–C) groups is 1. The van der Waals surface area contributed by atoms with Gasteiger partial charge in [-0.25, -0.2) is 0 Å². The highest BCUT2D eigenvalue weighted by Crippen LogP contribution is 2.26.